The third-order valence-electron chi connectivity index (χ3n) is 6.00. The lowest BCUT2D eigenvalue weighted by atomic mass is 9.89. The summed E-state index contributed by atoms with van der Waals surface area (Å²) < 4.78 is 3.99. The van der Waals surface area contributed by atoms with E-state index >= 15 is 0 Å². The minimum atomic E-state index is 0.00602. The quantitative estimate of drug-likeness (QED) is 0.792. The first-order chi connectivity index (χ1) is 13.7. The Morgan fingerprint density at radius 3 is 2.93 bits per heavy atom. The molecule has 8 nitrogen and oxygen atoms in total. The van der Waals surface area contributed by atoms with Crippen molar-refractivity contribution >= 4 is 11.7 Å². The molecule has 2 aliphatic rings. The van der Waals surface area contributed by atoms with Crippen LogP contribution in [0.15, 0.2) is 24.7 Å². The van der Waals surface area contributed by atoms with Crippen LogP contribution in [0.25, 0.3) is 0 Å². The third-order valence-corrected chi connectivity index (χ3v) is 6.00. The van der Waals surface area contributed by atoms with Gasteiger partial charge in [-0.2, -0.15) is 5.10 Å². The van der Waals surface area contributed by atoms with E-state index in [-0.39, 0.29) is 11.9 Å². The van der Waals surface area contributed by atoms with Crippen LogP contribution in [0.1, 0.15) is 44.0 Å². The Morgan fingerprint density at radius 1 is 1.29 bits per heavy atom. The van der Waals surface area contributed by atoms with E-state index in [0.29, 0.717) is 12.5 Å². The molecule has 1 saturated heterocycles. The van der Waals surface area contributed by atoms with Gasteiger partial charge in [0.2, 0.25) is 5.91 Å². The second-order valence-electron chi connectivity index (χ2n) is 8.04. The fourth-order valence-electron chi connectivity index (χ4n) is 4.45. The first kappa shape index (κ1) is 19.1. The van der Waals surface area contributed by atoms with Crippen molar-refractivity contribution in [2.45, 2.75) is 44.7 Å². The fraction of sp³-hybridized carbons (Fsp3) is 0.650. The normalized spacial score (nSPS) is 21.7. The molecule has 0 radical (unpaired) electrons. The van der Waals surface area contributed by atoms with Gasteiger partial charge in [-0.15, -0.1) is 0 Å². The molecular weight excluding hydrogens is 354 g/mol. The van der Waals surface area contributed by atoms with Crippen LogP contribution in [0.3, 0.4) is 0 Å². The number of nitrogens with one attached hydrogen (secondary N) is 2. The van der Waals surface area contributed by atoms with E-state index in [2.05, 4.69) is 25.6 Å². The molecule has 0 spiro atoms. The highest BCUT2D eigenvalue weighted by Crippen LogP contribution is 2.26. The molecular formula is C20H31N7O. The van der Waals surface area contributed by atoms with Crippen molar-refractivity contribution < 1.29 is 4.79 Å². The molecule has 2 N–H and O–H groups in total. The topological polar surface area (TPSA) is 80.0 Å². The summed E-state index contributed by atoms with van der Waals surface area (Å²) in [6, 6.07) is 2.00. The van der Waals surface area contributed by atoms with Gasteiger partial charge in [0.1, 0.15) is 11.6 Å². The van der Waals surface area contributed by atoms with Gasteiger partial charge in [0.05, 0.1) is 18.8 Å². The van der Waals surface area contributed by atoms with Crippen molar-refractivity contribution in [3.63, 3.8) is 0 Å². The summed E-state index contributed by atoms with van der Waals surface area (Å²) in [5, 5.41) is 10.9. The zero-order valence-corrected chi connectivity index (χ0v) is 16.7. The van der Waals surface area contributed by atoms with Gasteiger partial charge in [0.15, 0.2) is 0 Å². The van der Waals surface area contributed by atoms with Crippen molar-refractivity contribution in [3.05, 3.63) is 30.5 Å². The van der Waals surface area contributed by atoms with Crippen LogP contribution < -0.4 is 10.6 Å². The molecule has 1 saturated carbocycles. The number of nitrogens with zero attached hydrogens (tertiary/aromatic N) is 5. The molecule has 2 aromatic heterocycles. The van der Waals surface area contributed by atoms with E-state index in [1.807, 2.05) is 34.8 Å². The second kappa shape index (κ2) is 8.87. The van der Waals surface area contributed by atoms with E-state index in [4.69, 9.17) is 0 Å². The molecule has 1 unspecified atom stereocenters. The first-order valence-corrected chi connectivity index (χ1v) is 10.4. The highest BCUT2D eigenvalue weighted by Gasteiger charge is 2.28. The molecule has 1 amide bonds. The zero-order chi connectivity index (χ0) is 19.3. The van der Waals surface area contributed by atoms with Crippen LogP contribution in [0.2, 0.25) is 0 Å². The Morgan fingerprint density at radius 2 is 2.14 bits per heavy atom. The average Bonchev–Trinajstić information content (AvgIpc) is 3.32. The number of hydrogen-bond acceptors (Lipinski definition) is 5. The zero-order valence-electron chi connectivity index (χ0n) is 16.7. The minimum absolute atomic E-state index is 0.00602. The molecule has 1 aliphatic heterocycles. The van der Waals surface area contributed by atoms with Gasteiger partial charge in [-0.3, -0.25) is 9.69 Å². The van der Waals surface area contributed by atoms with Gasteiger partial charge in [0.25, 0.3) is 0 Å². The molecule has 1 aliphatic carbocycles. The maximum atomic E-state index is 12.8. The van der Waals surface area contributed by atoms with Gasteiger partial charge in [-0.05, 0) is 18.8 Å². The largest absolute Gasteiger partial charge is 0.337 e. The average molecular weight is 386 g/mol. The van der Waals surface area contributed by atoms with E-state index in [0.717, 1.165) is 37.8 Å². The summed E-state index contributed by atoms with van der Waals surface area (Å²) >= 11 is 0. The number of amides is 1. The number of imidazole rings is 1. The molecule has 0 aromatic carbocycles. The molecule has 152 valence electrons. The number of carbonyl (C=O) groups is 1. The summed E-state index contributed by atoms with van der Waals surface area (Å²) in [7, 11) is 2.00. The Balaban J connectivity index is 1.37. The molecule has 4 rings (SSSR count). The van der Waals surface area contributed by atoms with Crippen molar-refractivity contribution in [1.29, 1.82) is 0 Å². The highest BCUT2D eigenvalue weighted by molar-refractivity contribution is 5.91. The van der Waals surface area contributed by atoms with Crippen LogP contribution in [-0.4, -0.2) is 56.3 Å². The number of hydrogen-bond donors (Lipinski definition) is 2. The number of anilines is 1. The number of rotatable bonds is 6. The van der Waals surface area contributed by atoms with Crippen LogP contribution in [0.4, 0.5) is 5.82 Å². The van der Waals surface area contributed by atoms with Crippen LogP contribution in [-0.2, 0) is 18.4 Å². The summed E-state index contributed by atoms with van der Waals surface area (Å²) in [5.74, 6) is 2.47. The van der Waals surface area contributed by atoms with Gasteiger partial charge in [-0.25, -0.2) is 9.67 Å². The van der Waals surface area contributed by atoms with E-state index in [1.54, 1.807) is 6.20 Å². The van der Waals surface area contributed by atoms with Gasteiger partial charge in [0, 0.05) is 51.7 Å². The lowest BCUT2D eigenvalue weighted by molar-refractivity contribution is -0.118. The number of piperazine rings is 1. The van der Waals surface area contributed by atoms with Crippen molar-refractivity contribution in [2.24, 2.45) is 13.0 Å². The monoisotopic (exact) mass is 385 g/mol. The molecule has 28 heavy (non-hydrogen) atoms. The maximum absolute atomic E-state index is 12.8. The molecule has 2 fully saturated rings. The minimum Gasteiger partial charge on any atom is -0.337 e. The van der Waals surface area contributed by atoms with Gasteiger partial charge < -0.3 is 15.2 Å². The molecule has 2 aromatic rings. The van der Waals surface area contributed by atoms with Crippen LogP contribution in [0, 0.1) is 5.92 Å². The van der Waals surface area contributed by atoms with E-state index in [1.165, 1.54) is 32.1 Å². The predicted octanol–water partition coefficient (Wildman–Crippen LogP) is 1.78. The maximum Gasteiger partial charge on any atom is 0.239 e. The smallest absolute Gasteiger partial charge is 0.239 e. The Hall–Kier alpha value is -2.19. The fourth-order valence-corrected chi connectivity index (χ4v) is 4.45. The second-order valence-corrected chi connectivity index (χ2v) is 8.04. The molecule has 3 heterocycles. The number of aryl methyl sites for hydroxylation is 1. The molecule has 8 heteroatoms. The van der Waals surface area contributed by atoms with E-state index < -0.39 is 0 Å². The van der Waals surface area contributed by atoms with Crippen LogP contribution >= 0.6 is 0 Å². The van der Waals surface area contributed by atoms with E-state index in [9.17, 15) is 4.79 Å². The number of aromatic nitrogens is 4. The van der Waals surface area contributed by atoms with Crippen LogP contribution in [0.5, 0.6) is 0 Å². The number of carbonyl (C=O) groups excluding carboxylic acids is 1. The van der Waals surface area contributed by atoms with Crippen molar-refractivity contribution in [2.75, 3.05) is 31.5 Å². The lowest BCUT2D eigenvalue weighted by Gasteiger charge is -2.35. The predicted molar refractivity (Wildman–Crippen MR) is 108 cm³/mol. The summed E-state index contributed by atoms with van der Waals surface area (Å²) in [6.07, 6.45) is 12.0. The summed E-state index contributed by atoms with van der Waals surface area (Å²) in [5.41, 5.74) is 0. The Bertz CT molecular complexity index is 777. The first-order valence-electron chi connectivity index (χ1n) is 10.4. The summed E-state index contributed by atoms with van der Waals surface area (Å²) in [6.45, 7) is 3.76. The Kier molecular flexibility index (Phi) is 6.07. The molecule has 0 bridgehead atoms. The lowest BCUT2D eigenvalue weighted by Crippen LogP contribution is -2.49. The highest BCUT2D eigenvalue weighted by atomic mass is 16.2. The van der Waals surface area contributed by atoms with Gasteiger partial charge in [-0.1, -0.05) is 19.3 Å². The van der Waals surface area contributed by atoms with Crippen molar-refractivity contribution in [3.8, 4) is 0 Å². The Labute approximate surface area is 166 Å². The molecule has 1 atom stereocenters. The standard InChI is InChI=1S/C20H31N7O/c1-25-11-10-22-20(25)17-13-21-9-12-26(17)15-19(28)24-18-7-8-23-27(18)14-16-5-3-2-4-6-16/h7-8,10-11,16-17,21H,2-6,9,12-15H2,1H3,(H,24,28). The SMILES string of the molecule is Cn1ccnc1C1CNCCN1CC(=O)Nc1ccnn1CC1CCCCC1. The van der Waals surface area contributed by atoms with Gasteiger partial charge >= 0.3 is 0 Å². The summed E-state index contributed by atoms with van der Waals surface area (Å²) in [4.78, 5) is 19.5. The third kappa shape index (κ3) is 4.44. The van der Waals surface area contributed by atoms with Crippen molar-refractivity contribution in [1.82, 2.24) is 29.5 Å².